The first-order valence-corrected chi connectivity index (χ1v) is 7.25. The molecular formula is C13H26O7S. The molecule has 0 radical (unpaired) electrons. The van der Waals surface area contributed by atoms with Crippen molar-refractivity contribution in [2.45, 2.75) is 34.0 Å². The molecule has 0 aliphatic carbocycles. The number of cyclic esters (lactones) is 2. The number of carbonyl (C=O) groups is 3. The van der Waals surface area contributed by atoms with Gasteiger partial charge in [0.2, 0.25) is 0 Å². The van der Waals surface area contributed by atoms with E-state index in [1.807, 2.05) is 11.8 Å². The molecule has 1 atom stereocenters. The number of ether oxygens (including phenoxy) is 3. The van der Waals surface area contributed by atoms with Crippen LogP contribution in [-0.4, -0.2) is 55.5 Å². The van der Waals surface area contributed by atoms with Crippen molar-refractivity contribution in [3.05, 3.63) is 0 Å². The van der Waals surface area contributed by atoms with E-state index in [4.69, 9.17) is 5.11 Å². The van der Waals surface area contributed by atoms with E-state index in [1.54, 1.807) is 6.92 Å². The molecule has 0 amide bonds. The van der Waals surface area contributed by atoms with Crippen LogP contribution in [-0.2, 0) is 28.6 Å². The number of carboxylic acid groups (broad SMARTS) is 1. The molecule has 21 heavy (non-hydrogen) atoms. The number of aliphatic carboxylic acids is 1. The van der Waals surface area contributed by atoms with Crippen LogP contribution in [0.1, 0.15) is 27.7 Å². The zero-order chi connectivity index (χ0) is 16.1. The Kier molecular flexibility index (Phi) is 18.1. The monoisotopic (exact) mass is 326 g/mol. The SMILES string of the molecule is C.CC1CC(=O)OC1=O.CCSC.COC(OC)C(=O)O. The molecule has 1 saturated heterocycles. The summed E-state index contributed by atoms with van der Waals surface area (Å²) in [5.41, 5.74) is 0. The minimum atomic E-state index is -1.13. The van der Waals surface area contributed by atoms with Crippen LogP contribution in [0.25, 0.3) is 0 Å². The first kappa shape index (κ1) is 24.9. The van der Waals surface area contributed by atoms with E-state index in [1.165, 1.54) is 20.0 Å². The fraction of sp³-hybridized carbons (Fsp3) is 0.769. The Hall–Kier alpha value is -1.12. The Balaban J connectivity index is -0.000000239. The zero-order valence-electron chi connectivity index (χ0n) is 12.4. The molecule has 1 rings (SSSR count). The molecule has 1 aliphatic heterocycles. The van der Waals surface area contributed by atoms with Crippen LogP contribution in [0.15, 0.2) is 0 Å². The molecule has 1 N–H and O–H groups in total. The lowest BCUT2D eigenvalue weighted by Crippen LogP contribution is -2.23. The van der Waals surface area contributed by atoms with Crippen LogP contribution in [0.2, 0.25) is 0 Å². The third kappa shape index (κ3) is 13.6. The van der Waals surface area contributed by atoms with E-state index in [9.17, 15) is 14.4 Å². The summed E-state index contributed by atoms with van der Waals surface area (Å²) in [6.07, 6.45) is 1.22. The summed E-state index contributed by atoms with van der Waals surface area (Å²) >= 11 is 1.86. The van der Waals surface area contributed by atoms with E-state index in [2.05, 4.69) is 27.4 Å². The molecule has 126 valence electrons. The van der Waals surface area contributed by atoms with Crippen molar-refractivity contribution in [1.82, 2.24) is 0 Å². The van der Waals surface area contributed by atoms with E-state index in [0.717, 1.165) is 0 Å². The molecule has 0 aromatic rings. The smallest absolute Gasteiger partial charge is 0.361 e. The number of methoxy groups -OCH3 is 2. The zero-order valence-corrected chi connectivity index (χ0v) is 13.2. The third-order valence-electron chi connectivity index (χ3n) is 2.01. The standard InChI is InChI=1S/C5H6O3.C4H8O4.C3H8S.CH4/c1-3-2-4(6)8-5(3)7;1-7-4(8-2)3(5)6;1-3-4-2;/h3H,2H2,1H3;4H,1-2H3,(H,5,6);3H2,1-2H3;1H4. The molecule has 0 saturated carbocycles. The number of carboxylic acids is 1. The largest absolute Gasteiger partial charge is 0.477 e. The van der Waals surface area contributed by atoms with Crippen molar-refractivity contribution in [1.29, 1.82) is 0 Å². The fourth-order valence-electron chi connectivity index (χ4n) is 0.886. The maximum atomic E-state index is 10.3. The van der Waals surface area contributed by atoms with Crippen LogP contribution < -0.4 is 0 Å². The molecule has 1 aliphatic rings. The maximum Gasteiger partial charge on any atom is 0.361 e. The summed E-state index contributed by atoms with van der Waals surface area (Å²) in [5.74, 6) is -0.894. The molecule has 7 nitrogen and oxygen atoms in total. The van der Waals surface area contributed by atoms with Crippen molar-refractivity contribution < 1.29 is 33.7 Å². The summed E-state index contributed by atoms with van der Waals surface area (Å²) in [7, 11) is 2.53. The number of hydrogen-bond acceptors (Lipinski definition) is 7. The first-order valence-electron chi connectivity index (χ1n) is 5.85. The molecule has 0 aromatic heterocycles. The van der Waals surface area contributed by atoms with Crippen molar-refractivity contribution in [3.63, 3.8) is 0 Å². The van der Waals surface area contributed by atoms with Gasteiger partial charge in [-0.2, -0.15) is 11.8 Å². The molecule has 0 spiro atoms. The second kappa shape index (κ2) is 15.3. The lowest BCUT2D eigenvalue weighted by atomic mass is 10.1. The number of thioether (sulfide) groups is 1. The Morgan fingerprint density at radius 3 is 1.90 bits per heavy atom. The summed E-state index contributed by atoms with van der Waals surface area (Å²) in [6.45, 7) is 3.82. The number of rotatable bonds is 4. The van der Waals surface area contributed by atoms with Gasteiger partial charge in [-0.15, -0.1) is 0 Å². The van der Waals surface area contributed by atoms with Gasteiger partial charge in [-0.1, -0.05) is 21.3 Å². The molecule has 8 heteroatoms. The highest BCUT2D eigenvalue weighted by molar-refractivity contribution is 7.98. The molecule has 1 fully saturated rings. The van der Waals surface area contributed by atoms with Crippen LogP contribution in [0.4, 0.5) is 0 Å². The first-order chi connectivity index (χ1) is 9.33. The Morgan fingerprint density at radius 1 is 1.43 bits per heavy atom. The molecular weight excluding hydrogens is 300 g/mol. The lowest BCUT2D eigenvalue weighted by Gasteiger charge is -2.05. The van der Waals surface area contributed by atoms with Gasteiger partial charge in [0, 0.05) is 14.2 Å². The van der Waals surface area contributed by atoms with Gasteiger partial charge in [0.1, 0.15) is 0 Å². The highest BCUT2D eigenvalue weighted by atomic mass is 32.2. The maximum absolute atomic E-state index is 10.3. The minimum absolute atomic E-state index is 0. The van der Waals surface area contributed by atoms with Gasteiger partial charge in [0.05, 0.1) is 12.3 Å². The van der Waals surface area contributed by atoms with Crippen molar-refractivity contribution in [2.75, 3.05) is 26.2 Å². The molecule has 0 aromatic carbocycles. The highest BCUT2D eigenvalue weighted by Gasteiger charge is 2.28. The van der Waals surface area contributed by atoms with Crippen LogP contribution in [0.3, 0.4) is 0 Å². The van der Waals surface area contributed by atoms with Crippen molar-refractivity contribution in [2.24, 2.45) is 5.92 Å². The van der Waals surface area contributed by atoms with E-state index in [0.29, 0.717) is 0 Å². The molecule has 1 heterocycles. The Bertz CT molecular complexity index is 301. The van der Waals surface area contributed by atoms with Gasteiger partial charge >= 0.3 is 17.9 Å². The van der Waals surface area contributed by atoms with Gasteiger partial charge in [-0.25, -0.2) is 4.79 Å². The van der Waals surface area contributed by atoms with Crippen molar-refractivity contribution in [3.8, 4) is 0 Å². The summed E-state index contributed by atoms with van der Waals surface area (Å²) in [5, 5.41) is 8.12. The van der Waals surface area contributed by atoms with Gasteiger partial charge in [0.15, 0.2) is 0 Å². The van der Waals surface area contributed by atoms with E-state index >= 15 is 0 Å². The summed E-state index contributed by atoms with van der Waals surface area (Å²) in [4.78, 5) is 30.5. The normalized spacial score (nSPS) is 16.0. The Labute approximate surface area is 130 Å². The summed E-state index contributed by atoms with van der Waals surface area (Å²) in [6, 6.07) is 0. The van der Waals surface area contributed by atoms with Crippen molar-refractivity contribution >= 4 is 29.7 Å². The Morgan fingerprint density at radius 2 is 1.86 bits per heavy atom. The predicted octanol–water partition coefficient (Wildman–Crippen LogP) is 1.79. The third-order valence-corrected chi connectivity index (χ3v) is 2.59. The van der Waals surface area contributed by atoms with Gasteiger partial charge < -0.3 is 19.3 Å². The van der Waals surface area contributed by atoms with Crippen LogP contribution in [0, 0.1) is 5.92 Å². The quantitative estimate of drug-likeness (QED) is 0.474. The fourth-order valence-corrected chi connectivity index (χ4v) is 0.886. The van der Waals surface area contributed by atoms with Gasteiger partial charge in [0.25, 0.3) is 6.29 Å². The molecule has 1 unspecified atom stereocenters. The predicted molar refractivity (Wildman–Crippen MR) is 81.1 cm³/mol. The average Bonchev–Trinajstić information content (AvgIpc) is 2.68. The topological polar surface area (TPSA) is 99.1 Å². The second-order valence-electron chi connectivity index (χ2n) is 3.62. The van der Waals surface area contributed by atoms with Gasteiger partial charge in [-0.3, -0.25) is 9.59 Å². The second-order valence-corrected chi connectivity index (χ2v) is 4.77. The summed E-state index contributed by atoms with van der Waals surface area (Å²) < 4.78 is 12.9. The minimum Gasteiger partial charge on any atom is -0.477 e. The molecule has 0 bridgehead atoms. The average molecular weight is 326 g/mol. The number of carbonyl (C=O) groups excluding carboxylic acids is 2. The number of esters is 2. The van der Waals surface area contributed by atoms with E-state index in [-0.39, 0.29) is 19.8 Å². The van der Waals surface area contributed by atoms with Gasteiger partial charge in [-0.05, 0) is 12.0 Å². The van der Waals surface area contributed by atoms with Crippen LogP contribution in [0.5, 0.6) is 0 Å². The van der Waals surface area contributed by atoms with Crippen LogP contribution >= 0.6 is 11.8 Å². The number of hydrogen-bond donors (Lipinski definition) is 1. The highest BCUT2D eigenvalue weighted by Crippen LogP contribution is 2.13. The van der Waals surface area contributed by atoms with E-state index < -0.39 is 24.2 Å². The lowest BCUT2D eigenvalue weighted by molar-refractivity contribution is -0.177.